The van der Waals surface area contributed by atoms with E-state index in [1.54, 1.807) is 4.90 Å². The normalized spacial score (nSPS) is 24.7. The second kappa shape index (κ2) is 7.44. The maximum absolute atomic E-state index is 12.9. The van der Waals surface area contributed by atoms with Gasteiger partial charge >= 0.3 is 0 Å². The lowest BCUT2D eigenvalue weighted by molar-refractivity contribution is -0.123. The minimum atomic E-state index is -3.14. The zero-order valence-corrected chi connectivity index (χ0v) is 16.0. The van der Waals surface area contributed by atoms with Gasteiger partial charge in [0.2, 0.25) is 5.91 Å². The van der Waals surface area contributed by atoms with Gasteiger partial charge in [0.05, 0.1) is 24.1 Å². The van der Waals surface area contributed by atoms with Crippen molar-refractivity contribution in [3.8, 4) is 0 Å². The lowest BCUT2D eigenvalue weighted by Crippen LogP contribution is -2.62. The Hall–Kier alpha value is -2.18. The van der Waals surface area contributed by atoms with Crippen molar-refractivity contribution >= 4 is 21.4 Å². The van der Waals surface area contributed by atoms with Crippen LogP contribution in [0.3, 0.4) is 0 Å². The van der Waals surface area contributed by atoms with E-state index in [-0.39, 0.29) is 36.0 Å². The molecule has 0 radical (unpaired) electrons. The fraction of sp³-hybridized carbons (Fsp3) is 0.381. The third kappa shape index (κ3) is 3.92. The van der Waals surface area contributed by atoms with Gasteiger partial charge in [-0.25, -0.2) is 8.42 Å². The number of anilines is 1. The van der Waals surface area contributed by atoms with Crippen molar-refractivity contribution in [3.63, 3.8) is 0 Å². The highest BCUT2D eigenvalue weighted by atomic mass is 32.2. The maximum atomic E-state index is 12.9. The van der Waals surface area contributed by atoms with Crippen LogP contribution in [0.4, 0.5) is 5.69 Å². The number of sulfone groups is 1. The lowest BCUT2D eigenvalue weighted by atomic mass is 10.0. The number of carbonyl (C=O) groups excluding carboxylic acids is 1. The molecule has 0 aliphatic carbocycles. The van der Waals surface area contributed by atoms with E-state index in [4.69, 9.17) is 0 Å². The van der Waals surface area contributed by atoms with Gasteiger partial charge < -0.3 is 4.90 Å². The van der Waals surface area contributed by atoms with Crippen molar-refractivity contribution < 1.29 is 13.2 Å². The second-order valence-corrected chi connectivity index (χ2v) is 9.52. The van der Waals surface area contributed by atoms with Gasteiger partial charge in [0.1, 0.15) is 0 Å². The molecule has 0 spiro atoms. The number of para-hydroxylation sites is 1. The van der Waals surface area contributed by atoms with Crippen LogP contribution < -0.4 is 4.90 Å². The molecule has 0 saturated carbocycles. The molecule has 0 aromatic heterocycles. The molecule has 2 atom stereocenters. The van der Waals surface area contributed by atoms with E-state index in [0.29, 0.717) is 0 Å². The molecule has 5 nitrogen and oxygen atoms in total. The van der Waals surface area contributed by atoms with Crippen LogP contribution in [0.25, 0.3) is 0 Å². The Morgan fingerprint density at radius 3 is 2.22 bits per heavy atom. The van der Waals surface area contributed by atoms with Crippen LogP contribution in [0.5, 0.6) is 0 Å². The van der Waals surface area contributed by atoms with E-state index in [9.17, 15) is 13.2 Å². The summed E-state index contributed by atoms with van der Waals surface area (Å²) in [5.74, 6) is 0.173. The predicted molar refractivity (Wildman–Crippen MR) is 106 cm³/mol. The number of rotatable bonds is 5. The molecule has 4 rings (SSSR count). The molecule has 0 N–H and O–H groups in total. The van der Waals surface area contributed by atoms with Crippen molar-refractivity contribution in [2.75, 3.05) is 29.5 Å². The molecular formula is C21H24N2O3S. The summed E-state index contributed by atoms with van der Waals surface area (Å²) in [4.78, 5) is 16.7. The highest BCUT2D eigenvalue weighted by molar-refractivity contribution is 7.91. The zero-order chi connectivity index (χ0) is 18.9. The molecule has 142 valence electrons. The van der Waals surface area contributed by atoms with E-state index >= 15 is 0 Å². The first-order chi connectivity index (χ1) is 13.0. The van der Waals surface area contributed by atoms with Crippen LogP contribution in [-0.2, 0) is 21.1 Å². The molecule has 2 aromatic carbocycles. The summed E-state index contributed by atoms with van der Waals surface area (Å²) < 4.78 is 24.7. The van der Waals surface area contributed by atoms with Gasteiger partial charge in [-0.2, -0.15) is 0 Å². The topological polar surface area (TPSA) is 57.7 Å². The average Bonchev–Trinajstić information content (AvgIpc) is 2.98. The molecule has 2 fully saturated rings. The highest BCUT2D eigenvalue weighted by Crippen LogP contribution is 2.31. The van der Waals surface area contributed by atoms with Gasteiger partial charge in [0.25, 0.3) is 0 Å². The molecule has 2 aromatic rings. The number of hydrogen-bond donors (Lipinski definition) is 0. The molecule has 0 bridgehead atoms. The monoisotopic (exact) mass is 384 g/mol. The van der Waals surface area contributed by atoms with Crippen LogP contribution in [0.1, 0.15) is 12.0 Å². The second-order valence-electron chi connectivity index (χ2n) is 7.37. The molecule has 2 saturated heterocycles. The van der Waals surface area contributed by atoms with E-state index in [1.165, 1.54) is 5.56 Å². The van der Waals surface area contributed by atoms with E-state index in [1.807, 2.05) is 48.5 Å². The van der Waals surface area contributed by atoms with Gasteiger partial charge in [-0.1, -0.05) is 48.5 Å². The SMILES string of the molecule is O=C1CN(CCCc2ccccc2)[C@@H]2CS(=O)(=O)C[C@H]2N1c1ccccc1. The minimum absolute atomic E-state index is 0.0146. The van der Waals surface area contributed by atoms with Crippen molar-refractivity contribution in [2.45, 2.75) is 24.9 Å². The largest absolute Gasteiger partial charge is 0.306 e. The third-order valence-electron chi connectivity index (χ3n) is 5.49. The maximum Gasteiger partial charge on any atom is 0.241 e. The van der Waals surface area contributed by atoms with Gasteiger partial charge in [0.15, 0.2) is 9.84 Å². The standard InChI is InChI=1S/C21H24N2O3S/c24-21-14-22(13-7-10-17-8-3-1-4-9-17)19-15-27(25,26)16-20(19)23(21)18-11-5-2-6-12-18/h1-6,8-9,11-12,19-20H,7,10,13-16H2/t19-,20-/m1/s1. The van der Waals surface area contributed by atoms with Crippen molar-refractivity contribution in [1.82, 2.24) is 4.90 Å². The van der Waals surface area contributed by atoms with E-state index < -0.39 is 9.84 Å². The molecule has 27 heavy (non-hydrogen) atoms. The van der Waals surface area contributed by atoms with Crippen molar-refractivity contribution in [3.05, 3.63) is 66.2 Å². The van der Waals surface area contributed by atoms with Crippen LogP contribution in [0.15, 0.2) is 60.7 Å². The number of piperazine rings is 1. The van der Waals surface area contributed by atoms with Crippen LogP contribution in [0.2, 0.25) is 0 Å². The molecule has 6 heteroatoms. The minimum Gasteiger partial charge on any atom is -0.306 e. The summed E-state index contributed by atoms with van der Waals surface area (Å²) in [6.07, 6.45) is 1.84. The summed E-state index contributed by atoms with van der Waals surface area (Å²) in [5.41, 5.74) is 2.06. The van der Waals surface area contributed by atoms with E-state index in [0.717, 1.165) is 25.1 Å². The number of carbonyl (C=O) groups is 1. The fourth-order valence-corrected chi connectivity index (χ4v) is 6.24. The van der Waals surface area contributed by atoms with Crippen LogP contribution >= 0.6 is 0 Å². The number of benzene rings is 2. The first-order valence-electron chi connectivity index (χ1n) is 9.39. The summed E-state index contributed by atoms with van der Waals surface area (Å²) in [6, 6.07) is 19.3. The molecular weight excluding hydrogens is 360 g/mol. The van der Waals surface area contributed by atoms with E-state index in [2.05, 4.69) is 17.0 Å². The van der Waals surface area contributed by atoms with Gasteiger partial charge in [-0.05, 0) is 37.1 Å². The number of nitrogens with zero attached hydrogens (tertiary/aromatic N) is 2. The Balaban J connectivity index is 1.51. The molecule has 2 heterocycles. The summed E-state index contributed by atoms with van der Waals surface area (Å²) in [6.45, 7) is 1.01. The quantitative estimate of drug-likeness (QED) is 0.793. The van der Waals surface area contributed by atoms with Crippen LogP contribution in [-0.4, -0.2) is 55.9 Å². The summed E-state index contributed by atoms with van der Waals surface area (Å²) in [5, 5.41) is 0. The number of fused-ring (bicyclic) bond motifs is 1. The smallest absolute Gasteiger partial charge is 0.241 e. The molecule has 2 aliphatic rings. The third-order valence-corrected chi connectivity index (χ3v) is 7.19. The Kier molecular flexibility index (Phi) is 5.02. The Morgan fingerprint density at radius 1 is 0.889 bits per heavy atom. The molecule has 0 unspecified atom stereocenters. The Morgan fingerprint density at radius 2 is 1.52 bits per heavy atom. The molecule has 2 aliphatic heterocycles. The van der Waals surface area contributed by atoms with Gasteiger partial charge in [0, 0.05) is 11.7 Å². The number of aryl methyl sites for hydroxylation is 1. The predicted octanol–water partition coefficient (Wildman–Crippen LogP) is 2.13. The first kappa shape index (κ1) is 18.2. The summed E-state index contributed by atoms with van der Waals surface area (Å²) in [7, 11) is -3.14. The highest BCUT2D eigenvalue weighted by Gasteiger charge is 2.49. The summed E-state index contributed by atoms with van der Waals surface area (Å²) >= 11 is 0. The Bertz CT molecular complexity index is 900. The van der Waals surface area contributed by atoms with Crippen molar-refractivity contribution in [2.24, 2.45) is 0 Å². The number of hydrogen-bond acceptors (Lipinski definition) is 4. The van der Waals surface area contributed by atoms with Gasteiger partial charge in [-0.3, -0.25) is 9.69 Å². The van der Waals surface area contributed by atoms with Crippen molar-refractivity contribution in [1.29, 1.82) is 0 Å². The Labute approximate surface area is 160 Å². The van der Waals surface area contributed by atoms with Gasteiger partial charge in [-0.15, -0.1) is 0 Å². The zero-order valence-electron chi connectivity index (χ0n) is 15.2. The number of amides is 1. The lowest BCUT2D eigenvalue weighted by Gasteiger charge is -2.43. The first-order valence-corrected chi connectivity index (χ1v) is 11.2. The fourth-order valence-electron chi connectivity index (χ4n) is 4.26. The van der Waals surface area contributed by atoms with Crippen LogP contribution in [0, 0.1) is 0 Å². The average molecular weight is 385 g/mol. The molecule has 1 amide bonds.